The Balaban J connectivity index is 1.33. The van der Waals surface area contributed by atoms with Gasteiger partial charge < -0.3 is 14.2 Å². The highest BCUT2D eigenvalue weighted by Gasteiger charge is 2.24. The zero-order chi connectivity index (χ0) is 17.1. The number of aromatic nitrogens is 3. The SMILES string of the molecule is O=C(Cn1ccc2ccccc21)N1CCC(Oc2ccncn2)CC1. The van der Waals surface area contributed by atoms with Crippen molar-refractivity contribution in [3.05, 3.63) is 55.1 Å². The monoisotopic (exact) mass is 336 g/mol. The molecule has 3 heterocycles. The predicted octanol–water partition coefficient (Wildman–Crippen LogP) is 2.50. The van der Waals surface area contributed by atoms with E-state index in [0.29, 0.717) is 25.5 Å². The molecule has 128 valence electrons. The molecule has 6 heteroatoms. The van der Waals surface area contributed by atoms with Crippen molar-refractivity contribution < 1.29 is 9.53 Å². The summed E-state index contributed by atoms with van der Waals surface area (Å²) in [5.41, 5.74) is 1.10. The fraction of sp³-hybridized carbons (Fsp3) is 0.316. The molecule has 1 aromatic carbocycles. The molecule has 1 saturated heterocycles. The number of rotatable bonds is 4. The standard InChI is InChI=1S/C19H20N4O2/c24-19(13-23-10-6-15-3-1-2-4-17(15)23)22-11-7-16(8-12-22)25-18-5-9-20-14-21-18/h1-6,9-10,14,16H,7-8,11-13H2. The third-order valence-electron chi connectivity index (χ3n) is 4.62. The average Bonchev–Trinajstić information content (AvgIpc) is 3.06. The van der Waals surface area contributed by atoms with Gasteiger partial charge in [-0.3, -0.25) is 4.79 Å². The van der Waals surface area contributed by atoms with Gasteiger partial charge in [-0.2, -0.15) is 0 Å². The van der Waals surface area contributed by atoms with E-state index in [0.717, 1.165) is 23.7 Å². The number of likely N-dealkylation sites (tertiary alicyclic amines) is 1. The van der Waals surface area contributed by atoms with Crippen molar-refractivity contribution in [3.8, 4) is 5.88 Å². The molecule has 25 heavy (non-hydrogen) atoms. The molecule has 0 N–H and O–H groups in total. The van der Waals surface area contributed by atoms with E-state index in [2.05, 4.69) is 16.0 Å². The zero-order valence-electron chi connectivity index (χ0n) is 13.9. The number of amides is 1. The van der Waals surface area contributed by atoms with Gasteiger partial charge in [-0.1, -0.05) is 18.2 Å². The van der Waals surface area contributed by atoms with E-state index in [9.17, 15) is 4.79 Å². The van der Waals surface area contributed by atoms with Gasteiger partial charge in [-0.25, -0.2) is 9.97 Å². The van der Waals surface area contributed by atoms with Crippen molar-refractivity contribution in [2.45, 2.75) is 25.5 Å². The lowest BCUT2D eigenvalue weighted by Crippen LogP contribution is -2.43. The van der Waals surface area contributed by atoms with Crippen molar-refractivity contribution in [1.82, 2.24) is 19.4 Å². The van der Waals surface area contributed by atoms with Crippen LogP contribution in [-0.2, 0) is 11.3 Å². The Morgan fingerprint density at radius 1 is 1.16 bits per heavy atom. The Bertz CT molecular complexity index is 854. The van der Waals surface area contributed by atoms with Crippen LogP contribution in [-0.4, -0.2) is 44.5 Å². The number of para-hydroxylation sites is 1. The van der Waals surface area contributed by atoms with Crippen LogP contribution in [0.1, 0.15) is 12.8 Å². The Morgan fingerprint density at radius 3 is 2.80 bits per heavy atom. The van der Waals surface area contributed by atoms with Crippen molar-refractivity contribution >= 4 is 16.8 Å². The number of piperidine rings is 1. The highest BCUT2D eigenvalue weighted by Crippen LogP contribution is 2.18. The van der Waals surface area contributed by atoms with Crippen LogP contribution in [0.15, 0.2) is 55.1 Å². The van der Waals surface area contributed by atoms with Gasteiger partial charge in [0.15, 0.2) is 0 Å². The number of benzene rings is 1. The number of nitrogens with zero attached hydrogens (tertiary/aromatic N) is 4. The Morgan fingerprint density at radius 2 is 2.00 bits per heavy atom. The lowest BCUT2D eigenvalue weighted by atomic mass is 10.1. The van der Waals surface area contributed by atoms with Gasteiger partial charge in [0.2, 0.25) is 11.8 Å². The van der Waals surface area contributed by atoms with Crippen LogP contribution in [0.3, 0.4) is 0 Å². The van der Waals surface area contributed by atoms with E-state index in [-0.39, 0.29) is 12.0 Å². The molecule has 0 aliphatic carbocycles. The van der Waals surface area contributed by atoms with Gasteiger partial charge in [0, 0.05) is 49.9 Å². The molecule has 0 atom stereocenters. The average molecular weight is 336 g/mol. The fourth-order valence-electron chi connectivity index (χ4n) is 3.27. The van der Waals surface area contributed by atoms with Gasteiger partial charge in [-0.15, -0.1) is 0 Å². The molecule has 6 nitrogen and oxygen atoms in total. The Labute approximate surface area is 146 Å². The first-order chi connectivity index (χ1) is 12.3. The second-order valence-electron chi connectivity index (χ2n) is 6.25. The summed E-state index contributed by atoms with van der Waals surface area (Å²) in [7, 11) is 0. The highest BCUT2D eigenvalue weighted by molar-refractivity contribution is 5.83. The molecule has 0 spiro atoms. The smallest absolute Gasteiger partial charge is 0.242 e. The summed E-state index contributed by atoms with van der Waals surface area (Å²) in [6, 6.07) is 11.9. The minimum absolute atomic E-state index is 0.103. The Hall–Kier alpha value is -2.89. The van der Waals surface area contributed by atoms with Gasteiger partial charge in [0.1, 0.15) is 19.0 Å². The minimum atomic E-state index is 0.103. The quantitative estimate of drug-likeness (QED) is 0.734. The van der Waals surface area contributed by atoms with Crippen LogP contribution < -0.4 is 4.74 Å². The van der Waals surface area contributed by atoms with Gasteiger partial charge in [0.05, 0.1) is 0 Å². The van der Waals surface area contributed by atoms with E-state index in [4.69, 9.17) is 4.74 Å². The lowest BCUT2D eigenvalue weighted by molar-refractivity contribution is -0.133. The first-order valence-corrected chi connectivity index (χ1v) is 8.54. The number of carbonyl (C=O) groups excluding carboxylic acids is 1. The van der Waals surface area contributed by atoms with E-state index >= 15 is 0 Å². The van der Waals surface area contributed by atoms with Crippen LogP contribution in [0.25, 0.3) is 10.9 Å². The second kappa shape index (κ2) is 6.93. The van der Waals surface area contributed by atoms with Gasteiger partial charge >= 0.3 is 0 Å². The van der Waals surface area contributed by atoms with Crippen LogP contribution in [0.5, 0.6) is 5.88 Å². The first kappa shape index (κ1) is 15.6. The molecule has 1 amide bonds. The maximum atomic E-state index is 12.6. The molecule has 1 aliphatic rings. The summed E-state index contributed by atoms with van der Waals surface area (Å²) in [4.78, 5) is 22.5. The third kappa shape index (κ3) is 3.47. The van der Waals surface area contributed by atoms with Crippen LogP contribution in [0.4, 0.5) is 0 Å². The van der Waals surface area contributed by atoms with Gasteiger partial charge in [0.25, 0.3) is 0 Å². The molecule has 0 unspecified atom stereocenters. The third-order valence-corrected chi connectivity index (χ3v) is 4.62. The summed E-state index contributed by atoms with van der Waals surface area (Å²) in [5, 5.41) is 1.16. The fourth-order valence-corrected chi connectivity index (χ4v) is 3.27. The predicted molar refractivity (Wildman–Crippen MR) is 94.2 cm³/mol. The van der Waals surface area contributed by atoms with Crippen molar-refractivity contribution in [1.29, 1.82) is 0 Å². The molecule has 0 radical (unpaired) electrons. The number of fused-ring (bicyclic) bond motifs is 1. The topological polar surface area (TPSA) is 60.2 Å². The summed E-state index contributed by atoms with van der Waals surface area (Å²) < 4.78 is 7.87. The molecular formula is C19H20N4O2. The van der Waals surface area contributed by atoms with Crippen molar-refractivity contribution in [2.24, 2.45) is 0 Å². The highest BCUT2D eigenvalue weighted by atomic mass is 16.5. The van der Waals surface area contributed by atoms with Crippen molar-refractivity contribution in [3.63, 3.8) is 0 Å². The number of carbonyl (C=O) groups is 1. The van der Waals surface area contributed by atoms with E-state index in [1.54, 1.807) is 12.3 Å². The number of hydrogen-bond acceptors (Lipinski definition) is 4. The number of hydrogen-bond donors (Lipinski definition) is 0. The maximum Gasteiger partial charge on any atom is 0.242 e. The van der Waals surface area contributed by atoms with E-state index in [1.807, 2.05) is 39.9 Å². The molecule has 4 rings (SSSR count). The van der Waals surface area contributed by atoms with Gasteiger partial charge in [-0.05, 0) is 17.5 Å². The van der Waals surface area contributed by atoms with E-state index in [1.165, 1.54) is 6.33 Å². The summed E-state index contributed by atoms with van der Waals surface area (Å²) in [5.74, 6) is 0.750. The number of ether oxygens (including phenoxy) is 1. The Kier molecular flexibility index (Phi) is 4.33. The normalized spacial score (nSPS) is 15.4. The van der Waals surface area contributed by atoms with E-state index < -0.39 is 0 Å². The lowest BCUT2D eigenvalue weighted by Gasteiger charge is -2.32. The molecule has 2 aromatic heterocycles. The molecule has 1 fully saturated rings. The summed E-state index contributed by atoms with van der Waals surface area (Å²) >= 11 is 0. The van der Waals surface area contributed by atoms with Crippen molar-refractivity contribution in [2.75, 3.05) is 13.1 Å². The summed E-state index contributed by atoms with van der Waals surface area (Å²) in [6.45, 7) is 1.81. The van der Waals surface area contributed by atoms with Crippen LogP contribution in [0.2, 0.25) is 0 Å². The largest absolute Gasteiger partial charge is 0.474 e. The second-order valence-corrected chi connectivity index (χ2v) is 6.25. The maximum absolute atomic E-state index is 12.6. The molecule has 0 saturated carbocycles. The summed E-state index contributed by atoms with van der Waals surface area (Å²) in [6.07, 6.45) is 6.88. The molecule has 1 aliphatic heterocycles. The molecule has 3 aromatic rings. The zero-order valence-corrected chi connectivity index (χ0v) is 13.9. The first-order valence-electron chi connectivity index (χ1n) is 8.54. The molecular weight excluding hydrogens is 316 g/mol. The van der Waals surface area contributed by atoms with Crippen LogP contribution >= 0.6 is 0 Å². The minimum Gasteiger partial charge on any atom is -0.474 e. The molecule has 0 bridgehead atoms. The van der Waals surface area contributed by atoms with Crippen LogP contribution in [0, 0.1) is 0 Å².